The van der Waals surface area contributed by atoms with Crippen LogP contribution in [0.2, 0.25) is 0 Å². The molecule has 1 N–H and O–H groups in total. The molecule has 1 unspecified atom stereocenters. The summed E-state index contributed by atoms with van der Waals surface area (Å²) in [5.41, 5.74) is 0.980. The van der Waals surface area contributed by atoms with Gasteiger partial charge in [0.25, 0.3) is 0 Å². The summed E-state index contributed by atoms with van der Waals surface area (Å²) in [6.07, 6.45) is 0.737. The van der Waals surface area contributed by atoms with Crippen LogP contribution < -0.4 is 4.74 Å². The van der Waals surface area contributed by atoms with Crippen molar-refractivity contribution >= 4 is 5.91 Å². The van der Waals surface area contributed by atoms with Gasteiger partial charge in [-0.05, 0) is 24.1 Å². The number of likely N-dealkylation sites (N-methyl/N-ethyl adjacent to an activating group) is 1. The van der Waals surface area contributed by atoms with Gasteiger partial charge < -0.3 is 14.7 Å². The molecule has 0 spiro atoms. The molecule has 4 nitrogen and oxygen atoms in total. The van der Waals surface area contributed by atoms with Gasteiger partial charge in [0.1, 0.15) is 5.75 Å². The second kappa shape index (κ2) is 7.01. The van der Waals surface area contributed by atoms with E-state index in [2.05, 4.69) is 0 Å². The van der Waals surface area contributed by atoms with Crippen LogP contribution in [0.25, 0.3) is 0 Å². The zero-order valence-electron chi connectivity index (χ0n) is 11.2. The Morgan fingerprint density at radius 2 is 2.00 bits per heavy atom. The third kappa shape index (κ3) is 3.47. The lowest BCUT2D eigenvalue weighted by molar-refractivity contribution is -0.132. The molecule has 1 aromatic rings. The van der Waals surface area contributed by atoms with Crippen molar-refractivity contribution in [1.82, 2.24) is 4.90 Å². The molecule has 1 aromatic carbocycles. The molecule has 18 heavy (non-hydrogen) atoms. The molecule has 4 heteroatoms. The third-order valence-electron chi connectivity index (χ3n) is 3.04. The van der Waals surface area contributed by atoms with Gasteiger partial charge in [0.15, 0.2) is 0 Å². The molecule has 0 fully saturated rings. The topological polar surface area (TPSA) is 49.8 Å². The highest BCUT2D eigenvalue weighted by atomic mass is 16.5. The van der Waals surface area contributed by atoms with Crippen molar-refractivity contribution in [1.29, 1.82) is 0 Å². The van der Waals surface area contributed by atoms with Gasteiger partial charge in [-0.25, -0.2) is 0 Å². The van der Waals surface area contributed by atoms with Crippen molar-refractivity contribution in [2.45, 2.75) is 19.3 Å². The zero-order chi connectivity index (χ0) is 13.5. The maximum absolute atomic E-state index is 12.2. The Morgan fingerprint density at radius 1 is 1.39 bits per heavy atom. The van der Waals surface area contributed by atoms with Crippen LogP contribution in [-0.2, 0) is 4.79 Å². The summed E-state index contributed by atoms with van der Waals surface area (Å²) in [5, 5.41) is 8.87. The molecule has 1 atom stereocenters. The maximum atomic E-state index is 12.2. The fourth-order valence-electron chi connectivity index (χ4n) is 1.92. The first kappa shape index (κ1) is 14.5. The van der Waals surface area contributed by atoms with Crippen LogP contribution in [0.3, 0.4) is 0 Å². The SMILES string of the molecule is CCC(C(=O)N(C)CCO)c1ccc(OC)cc1. The molecule has 0 aliphatic heterocycles. The summed E-state index contributed by atoms with van der Waals surface area (Å²) in [4.78, 5) is 13.8. The molecule has 1 amide bonds. The Morgan fingerprint density at radius 3 is 2.44 bits per heavy atom. The number of aliphatic hydroxyl groups excluding tert-OH is 1. The first-order valence-corrected chi connectivity index (χ1v) is 6.13. The fraction of sp³-hybridized carbons (Fsp3) is 0.500. The van der Waals surface area contributed by atoms with Crippen molar-refractivity contribution < 1.29 is 14.6 Å². The number of hydrogen-bond donors (Lipinski definition) is 1. The minimum Gasteiger partial charge on any atom is -0.497 e. The van der Waals surface area contributed by atoms with Gasteiger partial charge in [-0.15, -0.1) is 0 Å². The van der Waals surface area contributed by atoms with Crippen LogP contribution in [0.4, 0.5) is 0 Å². The zero-order valence-corrected chi connectivity index (χ0v) is 11.2. The van der Waals surface area contributed by atoms with E-state index in [0.717, 1.165) is 17.7 Å². The summed E-state index contributed by atoms with van der Waals surface area (Å²) in [6.45, 7) is 2.34. The Labute approximate surface area is 108 Å². The smallest absolute Gasteiger partial charge is 0.229 e. The number of nitrogens with zero attached hydrogens (tertiary/aromatic N) is 1. The minimum absolute atomic E-state index is 0.0126. The van der Waals surface area contributed by atoms with Gasteiger partial charge in [0, 0.05) is 13.6 Å². The van der Waals surface area contributed by atoms with Gasteiger partial charge in [-0.2, -0.15) is 0 Å². The first-order chi connectivity index (χ1) is 8.63. The van der Waals surface area contributed by atoms with E-state index in [9.17, 15) is 4.79 Å². The highest BCUT2D eigenvalue weighted by Gasteiger charge is 2.21. The molecule has 0 heterocycles. The molecule has 0 aliphatic carbocycles. The molecule has 0 aromatic heterocycles. The number of benzene rings is 1. The normalized spacial score (nSPS) is 12.0. The Bertz CT molecular complexity index is 375. The summed E-state index contributed by atoms with van der Waals surface area (Å²) in [5.74, 6) is 0.661. The minimum atomic E-state index is -0.160. The van der Waals surface area contributed by atoms with Gasteiger partial charge >= 0.3 is 0 Å². The molecule has 0 radical (unpaired) electrons. The lowest BCUT2D eigenvalue weighted by Gasteiger charge is -2.22. The number of amides is 1. The number of hydrogen-bond acceptors (Lipinski definition) is 3. The van der Waals surface area contributed by atoms with Crippen LogP contribution >= 0.6 is 0 Å². The maximum Gasteiger partial charge on any atom is 0.229 e. The van der Waals surface area contributed by atoms with E-state index in [1.807, 2.05) is 31.2 Å². The predicted octanol–water partition coefficient (Wildman–Crippen LogP) is 1.64. The van der Waals surface area contributed by atoms with E-state index in [1.165, 1.54) is 0 Å². The van der Waals surface area contributed by atoms with E-state index < -0.39 is 0 Å². The van der Waals surface area contributed by atoms with Crippen molar-refractivity contribution in [3.8, 4) is 5.75 Å². The van der Waals surface area contributed by atoms with E-state index in [4.69, 9.17) is 9.84 Å². The van der Waals surface area contributed by atoms with Crippen LogP contribution in [0.5, 0.6) is 5.75 Å². The Kier molecular flexibility index (Phi) is 5.65. The summed E-state index contributed by atoms with van der Waals surface area (Å²) < 4.78 is 5.10. The van der Waals surface area contributed by atoms with E-state index >= 15 is 0 Å². The first-order valence-electron chi connectivity index (χ1n) is 6.13. The number of aliphatic hydroxyl groups is 1. The van der Waals surface area contributed by atoms with E-state index in [1.54, 1.807) is 19.1 Å². The molecule has 0 aliphatic rings. The number of carbonyl (C=O) groups is 1. The average molecular weight is 251 g/mol. The highest BCUT2D eigenvalue weighted by molar-refractivity contribution is 5.83. The highest BCUT2D eigenvalue weighted by Crippen LogP contribution is 2.23. The lowest BCUT2D eigenvalue weighted by atomic mass is 9.95. The van der Waals surface area contributed by atoms with Crippen LogP contribution in [0.1, 0.15) is 24.8 Å². The molecular weight excluding hydrogens is 230 g/mol. The van der Waals surface area contributed by atoms with Crippen molar-refractivity contribution in [2.24, 2.45) is 0 Å². The summed E-state index contributed by atoms with van der Waals surface area (Å²) in [6, 6.07) is 7.55. The number of methoxy groups -OCH3 is 1. The third-order valence-corrected chi connectivity index (χ3v) is 3.04. The molecule has 1 rings (SSSR count). The average Bonchev–Trinajstić information content (AvgIpc) is 2.40. The number of ether oxygens (including phenoxy) is 1. The van der Waals surface area contributed by atoms with Crippen LogP contribution in [0.15, 0.2) is 24.3 Å². The molecule has 0 bridgehead atoms. The molecular formula is C14H21NO3. The van der Waals surface area contributed by atoms with Crippen molar-refractivity contribution in [3.63, 3.8) is 0 Å². The Balaban J connectivity index is 2.84. The van der Waals surface area contributed by atoms with Gasteiger partial charge in [-0.3, -0.25) is 4.79 Å². The summed E-state index contributed by atoms with van der Waals surface area (Å²) >= 11 is 0. The van der Waals surface area contributed by atoms with Gasteiger partial charge in [0.2, 0.25) is 5.91 Å². The van der Waals surface area contributed by atoms with Crippen LogP contribution in [-0.4, -0.2) is 43.2 Å². The number of rotatable bonds is 6. The monoisotopic (exact) mass is 251 g/mol. The standard InChI is InChI=1S/C14H21NO3/c1-4-13(14(17)15(2)9-10-16)11-5-7-12(18-3)8-6-11/h5-8,13,16H,4,9-10H2,1-3H3. The van der Waals surface area contributed by atoms with Gasteiger partial charge in [-0.1, -0.05) is 19.1 Å². The second-order valence-corrected chi connectivity index (χ2v) is 4.22. The number of carbonyl (C=O) groups excluding carboxylic acids is 1. The van der Waals surface area contributed by atoms with E-state index in [-0.39, 0.29) is 18.4 Å². The largest absolute Gasteiger partial charge is 0.497 e. The summed E-state index contributed by atoms with van der Waals surface area (Å²) in [7, 11) is 3.33. The van der Waals surface area contributed by atoms with Crippen LogP contribution in [0, 0.1) is 0 Å². The Hall–Kier alpha value is -1.55. The van der Waals surface area contributed by atoms with Gasteiger partial charge in [0.05, 0.1) is 19.6 Å². The molecule has 0 saturated carbocycles. The van der Waals surface area contributed by atoms with E-state index in [0.29, 0.717) is 6.54 Å². The second-order valence-electron chi connectivity index (χ2n) is 4.22. The molecule has 0 saturated heterocycles. The quantitative estimate of drug-likeness (QED) is 0.836. The van der Waals surface area contributed by atoms with Crippen molar-refractivity contribution in [3.05, 3.63) is 29.8 Å². The molecule has 100 valence electrons. The lowest BCUT2D eigenvalue weighted by Crippen LogP contribution is -2.33. The van der Waals surface area contributed by atoms with Crippen molar-refractivity contribution in [2.75, 3.05) is 27.3 Å². The predicted molar refractivity (Wildman–Crippen MR) is 70.7 cm³/mol. The fourth-order valence-corrected chi connectivity index (χ4v) is 1.92.